The van der Waals surface area contributed by atoms with Crippen molar-refractivity contribution < 1.29 is 14.3 Å². The van der Waals surface area contributed by atoms with Crippen LogP contribution in [0.4, 0.5) is 0 Å². The molecule has 3 rings (SSSR count). The molecule has 0 aromatic heterocycles. The highest BCUT2D eigenvalue weighted by molar-refractivity contribution is 6.25. The summed E-state index contributed by atoms with van der Waals surface area (Å²) in [6.07, 6.45) is 3.79. The number of ether oxygens (including phenoxy) is 2. The molecule has 108 valence electrons. The lowest BCUT2D eigenvalue weighted by Gasteiger charge is -2.56. The minimum Gasteiger partial charge on any atom is -0.462 e. The van der Waals surface area contributed by atoms with Crippen molar-refractivity contribution in [2.45, 2.75) is 63.5 Å². The molecule has 0 unspecified atom stereocenters. The highest BCUT2D eigenvalue weighted by atomic mass is 35.5. The van der Waals surface area contributed by atoms with Gasteiger partial charge in [-0.15, -0.1) is 11.6 Å². The molecule has 2 bridgehead atoms. The summed E-state index contributed by atoms with van der Waals surface area (Å²) in [6.45, 7) is 6.88. The standard InChI is InChI=1S/C15H23ClO3/c1-9-6-13-15(16)7-12(19-11(3)17)4-5-14(15,8-18-13)10(9)2/h9-10,12-13H,4-8H2,1-3H3/t9-,10-,12-,13+,14+,15-/m1/s1. The average molecular weight is 287 g/mol. The van der Waals surface area contributed by atoms with E-state index >= 15 is 0 Å². The Bertz CT molecular complexity index is 399. The van der Waals surface area contributed by atoms with Crippen molar-refractivity contribution in [3.63, 3.8) is 0 Å². The van der Waals surface area contributed by atoms with E-state index in [9.17, 15) is 4.79 Å². The van der Waals surface area contributed by atoms with Crippen LogP contribution in [0.25, 0.3) is 0 Å². The number of rotatable bonds is 1. The second kappa shape index (κ2) is 4.36. The van der Waals surface area contributed by atoms with Crippen LogP contribution in [-0.4, -0.2) is 29.7 Å². The first kappa shape index (κ1) is 13.7. The molecule has 1 saturated heterocycles. The molecule has 0 N–H and O–H groups in total. The lowest BCUT2D eigenvalue weighted by atomic mass is 9.52. The fourth-order valence-corrected chi connectivity index (χ4v) is 5.35. The first-order valence-corrected chi connectivity index (χ1v) is 7.74. The maximum absolute atomic E-state index is 11.2. The summed E-state index contributed by atoms with van der Waals surface area (Å²) in [6, 6.07) is 0. The first-order chi connectivity index (χ1) is 8.89. The lowest BCUT2D eigenvalue weighted by molar-refractivity contribution is -0.151. The van der Waals surface area contributed by atoms with Crippen molar-refractivity contribution in [3.05, 3.63) is 0 Å². The number of hydrogen-bond acceptors (Lipinski definition) is 3. The van der Waals surface area contributed by atoms with Gasteiger partial charge in [0.05, 0.1) is 17.6 Å². The van der Waals surface area contributed by atoms with Crippen LogP contribution >= 0.6 is 11.6 Å². The molecule has 6 atom stereocenters. The van der Waals surface area contributed by atoms with Crippen LogP contribution in [-0.2, 0) is 14.3 Å². The van der Waals surface area contributed by atoms with Crippen molar-refractivity contribution in [2.24, 2.45) is 17.3 Å². The van der Waals surface area contributed by atoms with Crippen molar-refractivity contribution in [3.8, 4) is 0 Å². The number of hydrogen-bond donors (Lipinski definition) is 0. The number of alkyl halides is 1. The first-order valence-electron chi connectivity index (χ1n) is 7.37. The van der Waals surface area contributed by atoms with E-state index in [0.717, 1.165) is 32.3 Å². The molecule has 3 nitrogen and oxygen atoms in total. The molecule has 2 aliphatic carbocycles. The van der Waals surface area contributed by atoms with Crippen LogP contribution in [0, 0.1) is 17.3 Å². The van der Waals surface area contributed by atoms with Gasteiger partial charge in [-0.1, -0.05) is 13.8 Å². The molecule has 19 heavy (non-hydrogen) atoms. The molecule has 3 aliphatic rings. The SMILES string of the molecule is CC(=O)O[C@@H]1CC[C@]23CO[C@@H](C[C@@H](C)[C@H]2C)[C@]3(Cl)C1. The number of carbonyl (C=O) groups excluding carboxylic acids is 1. The van der Waals surface area contributed by atoms with Gasteiger partial charge < -0.3 is 9.47 Å². The van der Waals surface area contributed by atoms with E-state index in [4.69, 9.17) is 21.1 Å². The largest absolute Gasteiger partial charge is 0.462 e. The topological polar surface area (TPSA) is 35.5 Å². The Morgan fingerprint density at radius 1 is 1.42 bits per heavy atom. The minimum atomic E-state index is -0.336. The molecule has 1 aliphatic heterocycles. The van der Waals surface area contributed by atoms with Crippen LogP contribution in [0.15, 0.2) is 0 Å². The van der Waals surface area contributed by atoms with Gasteiger partial charge in [-0.05, 0) is 31.1 Å². The van der Waals surface area contributed by atoms with Gasteiger partial charge >= 0.3 is 5.97 Å². The van der Waals surface area contributed by atoms with Gasteiger partial charge in [0.25, 0.3) is 0 Å². The number of esters is 1. The van der Waals surface area contributed by atoms with Gasteiger partial charge in [-0.25, -0.2) is 0 Å². The predicted octanol–water partition coefficient (Wildman–Crippen LogP) is 3.14. The molecule has 0 radical (unpaired) electrons. The van der Waals surface area contributed by atoms with Crippen LogP contribution in [0.3, 0.4) is 0 Å². The van der Waals surface area contributed by atoms with Crippen LogP contribution in [0.1, 0.15) is 46.5 Å². The summed E-state index contributed by atoms with van der Waals surface area (Å²) in [7, 11) is 0. The van der Waals surface area contributed by atoms with Gasteiger partial charge in [0.2, 0.25) is 0 Å². The molecule has 3 fully saturated rings. The van der Waals surface area contributed by atoms with E-state index in [1.54, 1.807) is 0 Å². The van der Waals surface area contributed by atoms with Crippen LogP contribution in [0.5, 0.6) is 0 Å². The quantitative estimate of drug-likeness (QED) is 0.549. The van der Waals surface area contributed by atoms with E-state index in [0.29, 0.717) is 11.8 Å². The van der Waals surface area contributed by atoms with E-state index in [1.165, 1.54) is 6.92 Å². The molecule has 2 saturated carbocycles. The summed E-state index contributed by atoms with van der Waals surface area (Å²) in [5.74, 6) is 1.03. The van der Waals surface area contributed by atoms with Gasteiger partial charge in [0.15, 0.2) is 0 Å². The van der Waals surface area contributed by atoms with Crippen molar-refractivity contribution in [2.75, 3.05) is 6.61 Å². The third-order valence-corrected chi connectivity index (χ3v) is 6.74. The van der Waals surface area contributed by atoms with Crippen molar-refractivity contribution in [1.82, 2.24) is 0 Å². The maximum atomic E-state index is 11.2. The molecular formula is C15H23ClO3. The highest BCUT2D eigenvalue weighted by Crippen LogP contribution is 2.65. The third kappa shape index (κ3) is 1.77. The normalized spacial score (nSPS) is 52.6. The Balaban J connectivity index is 1.89. The Morgan fingerprint density at radius 2 is 2.16 bits per heavy atom. The molecule has 0 spiro atoms. The predicted molar refractivity (Wildman–Crippen MR) is 73.1 cm³/mol. The highest BCUT2D eigenvalue weighted by Gasteiger charge is 2.68. The zero-order chi connectivity index (χ0) is 13.8. The summed E-state index contributed by atoms with van der Waals surface area (Å²) in [5.41, 5.74) is 0.0769. The Kier molecular flexibility index (Phi) is 3.14. The monoisotopic (exact) mass is 286 g/mol. The second-order valence-electron chi connectivity index (χ2n) is 6.79. The Labute approximate surface area is 120 Å². The molecule has 4 heteroatoms. The van der Waals surface area contributed by atoms with E-state index in [1.807, 2.05) is 0 Å². The average Bonchev–Trinajstić information content (AvgIpc) is 2.53. The van der Waals surface area contributed by atoms with E-state index in [2.05, 4.69) is 13.8 Å². The van der Waals surface area contributed by atoms with Crippen molar-refractivity contribution in [1.29, 1.82) is 0 Å². The minimum absolute atomic E-state index is 0.0343. The lowest BCUT2D eigenvalue weighted by Crippen LogP contribution is -2.60. The molecule has 1 heterocycles. The molecule has 0 aromatic carbocycles. The maximum Gasteiger partial charge on any atom is 0.302 e. The smallest absolute Gasteiger partial charge is 0.302 e. The van der Waals surface area contributed by atoms with Gasteiger partial charge in [0, 0.05) is 18.8 Å². The van der Waals surface area contributed by atoms with E-state index in [-0.39, 0.29) is 28.5 Å². The summed E-state index contributed by atoms with van der Waals surface area (Å²) < 4.78 is 11.4. The number of halogens is 1. The van der Waals surface area contributed by atoms with Crippen LogP contribution < -0.4 is 0 Å². The number of carbonyl (C=O) groups is 1. The summed E-state index contributed by atoms with van der Waals surface area (Å²) in [4.78, 5) is 10.8. The van der Waals surface area contributed by atoms with Gasteiger partial charge in [0.1, 0.15) is 6.10 Å². The third-order valence-electron chi connectivity index (χ3n) is 5.96. The molecule has 0 aromatic rings. The zero-order valence-electron chi connectivity index (χ0n) is 11.9. The van der Waals surface area contributed by atoms with E-state index < -0.39 is 0 Å². The fraction of sp³-hybridized carbons (Fsp3) is 0.933. The second-order valence-corrected chi connectivity index (χ2v) is 7.47. The van der Waals surface area contributed by atoms with Crippen LogP contribution in [0.2, 0.25) is 0 Å². The van der Waals surface area contributed by atoms with Gasteiger partial charge in [-0.3, -0.25) is 4.79 Å². The Morgan fingerprint density at radius 3 is 2.84 bits per heavy atom. The molecular weight excluding hydrogens is 264 g/mol. The summed E-state index contributed by atoms with van der Waals surface area (Å²) in [5, 5.41) is 0. The fourth-order valence-electron chi connectivity index (χ4n) is 4.70. The van der Waals surface area contributed by atoms with Crippen molar-refractivity contribution >= 4 is 17.6 Å². The summed E-state index contributed by atoms with van der Waals surface area (Å²) >= 11 is 7.05. The molecule has 0 amide bonds. The van der Waals surface area contributed by atoms with Gasteiger partial charge in [-0.2, -0.15) is 0 Å². The zero-order valence-corrected chi connectivity index (χ0v) is 12.7. The Hall–Kier alpha value is -0.280.